The normalized spacial score (nSPS) is 17.6. The molecule has 0 radical (unpaired) electrons. The van der Waals surface area contributed by atoms with Crippen molar-refractivity contribution in [3.05, 3.63) is 42.1 Å². The number of amides is 1. The summed E-state index contributed by atoms with van der Waals surface area (Å²) < 4.78 is 27.6. The number of nitrogens with one attached hydrogen (secondary N) is 2. The second-order valence-electron chi connectivity index (χ2n) is 5.66. The molecule has 0 aliphatic carbocycles. The molecule has 8 heteroatoms. The smallest absolute Gasteiger partial charge is 0.263 e. The highest BCUT2D eigenvalue weighted by Crippen LogP contribution is 2.36. The number of carbonyl (C=O) groups is 1. The van der Waals surface area contributed by atoms with E-state index in [2.05, 4.69) is 15.0 Å². The minimum absolute atomic E-state index is 0.0833. The molecule has 1 atom stereocenters. The Bertz CT molecular complexity index is 897. The van der Waals surface area contributed by atoms with Gasteiger partial charge in [0.2, 0.25) is 5.91 Å². The van der Waals surface area contributed by atoms with Gasteiger partial charge in [-0.15, -0.1) is 11.8 Å². The minimum atomic E-state index is -3.78. The number of rotatable bonds is 3. The molecule has 24 heavy (non-hydrogen) atoms. The number of pyridine rings is 1. The van der Waals surface area contributed by atoms with Gasteiger partial charge in [0.25, 0.3) is 10.0 Å². The molecule has 1 amide bonds. The average molecular weight is 363 g/mol. The summed E-state index contributed by atoms with van der Waals surface area (Å²) in [4.78, 5) is 16.8. The highest BCUT2D eigenvalue weighted by molar-refractivity contribution is 8.00. The van der Waals surface area contributed by atoms with E-state index in [0.29, 0.717) is 12.1 Å². The number of benzene rings is 1. The first-order valence-corrected chi connectivity index (χ1v) is 9.76. The number of carbonyl (C=O) groups excluding carboxylic acids is 1. The summed E-state index contributed by atoms with van der Waals surface area (Å²) in [5.41, 5.74) is 1.43. The highest BCUT2D eigenvalue weighted by atomic mass is 32.2. The van der Waals surface area contributed by atoms with E-state index >= 15 is 0 Å². The maximum atomic E-state index is 12.6. The maximum absolute atomic E-state index is 12.6. The summed E-state index contributed by atoms with van der Waals surface area (Å²) in [5.74, 6) is 0.147. The fourth-order valence-corrected chi connectivity index (χ4v) is 4.46. The van der Waals surface area contributed by atoms with Crippen LogP contribution in [0.4, 0.5) is 11.5 Å². The summed E-state index contributed by atoms with van der Waals surface area (Å²) in [6, 6.07) is 8.18. The quantitative estimate of drug-likeness (QED) is 0.875. The van der Waals surface area contributed by atoms with Gasteiger partial charge in [-0.05, 0) is 42.8 Å². The van der Waals surface area contributed by atoms with Crippen molar-refractivity contribution in [2.45, 2.75) is 35.3 Å². The molecule has 0 spiro atoms. The van der Waals surface area contributed by atoms with Crippen molar-refractivity contribution >= 4 is 39.2 Å². The van der Waals surface area contributed by atoms with Crippen LogP contribution in [0.5, 0.6) is 0 Å². The average Bonchev–Trinajstić information content (AvgIpc) is 2.62. The molecule has 0 bridgehead atoms. The zero-order valence-electron chi connectivity index (χ0n) is 13.2. The van der Waals surface area contributed by atoms with Crippen molar-refractivity contribution in [1.29, 1.82) is 0 Å². The van der Waals surface area contributed by atoms with Gasteiger partial charge in [-0.1, -0.05) is 6.92 Å². The first-order chi connectivity index (χ1) is 11.3. The van der Waals surface area contributed by atoms with E-state index in [0.717, 1.165) is 10.5 Å². The third kappa shape index (κ3) is 3.70. The van der Waals surface area contributed by atoms with Gasteiger partial charge in [0, 0.05) is 22.8 Å². The number of thioether (sulfide) groups is 1. The van der Waals surface area contributed by atoms with E-state index in [1.807, 2.05) is 13.8 Å². The van der Waals surface area contributed by atoms with Crippen LogP contribution in [0.3, 0.4) is 0 Å². The van der Waals surface area contributed by atoms with Crippen molar-refractivity contribution in [1.82, 2.24) is 4.98 Å². The van der Waals surface area contributed by atoms with Crippen molar-refractivity contribution in [2.24, 2.45) is 0 Å². The summed E-state index contributed by atoms with van der Waals surface area (Å²) >= 11 is 1.55. The SMILES string of the molecule is Cc1ccnc(NS(=O)(=O)c2ccc3c(c2)NC(=O)CC(C)S3)c1. The van der Waals surface area contributed by atoms with Crippen LogP contribution in [-0.2, 0) is 14.8 Å². The predicted octanol–water partition coefficient (Wildman–Crippen LogP) is 3.01. The number of anilines is 2. The standard InChI is InChI=1S/C16H17N3O3S2/c1-10-5-6-17-15(7-10)19-24(21,22)12-3-4-14-13(9-12)18-16(20)8-11(2)23-14/h3-7,9,11H,8H2,1-2H3,(H,17,19)(H,18,20). The molecule has 1 aliphatic rings. The van der Waals surface area contributed by atoms with E-state index in [1.54, 1.807) is 36.2 Å². The molecule has 6 nitrogen and oxygen atoms in total. The second kappa shape index (κ2) is 6.45. The molecule has 3 rings (SSSR count). The van der Waals surface area contributed by atoms with Gasteiger partial charge in [-0.25, -0.2) is 13.4 Å². The maximum Gasteiger partial charge on any atom is 0.263 e. The first-order valence-electron chi connectivity index (χ1n) is 7.39. The molecule has 126 valence electrons. The third-order valence-corrected chi connectivity index (χ3v) is 6.02. The van der Waals surface area contributed by atoms with Gasteiger partial charge in [0.05, 0.1) is 10.6 Å². The van der Waals surface area contributed by atoms with Gasteiger partial charge in [-0.2, -0.15) is 0 Å². The van der Waals surface area contributed by atoms with Crippen molar-refractivity contribution in [2.75, 3.05) is 10.0 Å². The molecule has 1 aliphatic heterocycles. The summed E-state index contributed by atoms with van der Waals surface area (Å²) in [6.07, 6.45) is 1.94. The molecule has 2 heterocycles. The molecule has 1 aromatic carbocycles. The molecule has 1 aromatic heterocycles. The minimum Gasteiger partial charge on any atom is -0.325 e. The number of hydrogen-bond acceptors (Lipinski definition) is 5. The summed E-state index contributed by atoms with van der Waals surface area (Å²) in [6.45, 7) is 3.82. The van der Waals surface area contributed by atoms with E-state index in [4.69, 9.17) is 0 Å². The number of hydrogen-bond donors (Lipinski definition) is 2. The topological polar surface area (TPSA) is 88.2 Å². The van der Waals surface area contributed by atoms with Crippen LogP contribution in [0.15, 0.2) is 46.3 Å². The first kappa shape index (κ1) is 16.8. The van der Waals surface area contributed by atoms with Gasteiger partial charge in [0.1, 0.15) is 5.82 Å². The Morgan fingerprint density at radius 2 is 2.08 bits per heavy atom. The Kier molecular flexibility index (Phi) is 4.51. The van der Waals surface area contributed by atoms with Crippen LogP contribution in [0.1, 0.15) is 18.9 Å². The number of aromatic nitrogens is 1. The highest BCUT2D eigenvalue weighted by Gasteiger charge is 2.22. The van der Waals surface area contributed by atoms with Gasteiger partial charge >= 0.3 is 0 Å². The van der Waals surface area contributed by atoms with Crippen LogP contribution in [0, 0.1) is 6.92 Å². The molecule has 0 fully saturated rings. The lowest BCUT2D eigenvalue weighted by Crippen LogP contribution is -2.15. The van der Waals surface area contributed by atoms with Crippen molar-refractivity contribution in [3.63, 3.8) is 0 Å². The molecule has 2 aromatic rings. The number of fused-ring (bicyclic) bond motifs is 1. The van der Waals surface area contributed by atoms with Crippen molar-refractivity contribution < 1.29 is 13.2 Å². The van der Waals surface area contributed by atoms with E-state index in [1.165, 1.54) is 12.1 Å². The molecular formula is C16H17N3O3S2. The van der Waals surface area contributed by atoms with Crippen LogP contribution < -0.4 is 10.0 Å². The molecule has 0 saturated heterocycles. The van der Waals surface area contributed by atoms with Crippen LogP contribution in [-0.4, -0.2) is 24.6 Å². The number of nitrogens with zero attached hydrogens (tertiary/aromatic N) is 1. The van der Waals surface area contributed by atoms with Crippen LogP contribution >= 0.6 is 11.8 Å². The lowest BCUT2D eigenvalue weighted by molar-refractivity contribution is -0.116. The Labute approximate surface area is 145 Å². The van der Waals surface area contributed by atoms with Gasteiger partial charge in [0.15, 0.2) is 0 Å². The Morgan fingerprint density at radius 1 is 1.29 bits per heavy atom. The predicted molar refractivity (Wildman–Crippen MR) is 94.8 cm³/mol. The Morgan fingerprint density at radius 3 is 2.83 bits per heavy atom. The fraction of sp³-hybridized carbons (Fsp3) is 0.250. The Hall–Kier alpha value is -2.06. The van der Waals surface area contributed by atoms with E-state index < -0.39 is 10.0 Å². The van der Waals surface area contributed by atoms with E-state index in [9.17, 15) is 13.2 Å². The largest absolute Gasteiger partial charge is 0.325 e. The number of aryl methyl sites for hydroxylation is 1. The summed E-state index contributed by atoms with van der Waals surface area (Å²) in [5, 5.41) is 2.91. The second-order valence-corrected chi connectivity index (χ2v) is 8.83. The molecule has 1 unspecified atom stereocenters. The third-order valence-electron chi connectivity index (χ3n) is 3.49. The lowest BCUT2D eigenvalue weighted by Gasteiger charge is -2.11. The number of sulfonamides is 1. The van der Waals surface area contributed by atoms with Gasteiger partial charge < -0.3 is 5.32 Å². The zero-order valence-corrected chi connectivity index (χ0v) is 14.9. The van der Waals surface area contributed by atoms with Crippen LogP contribution in [0.2, 0.25) is 0 Å². The Balaban J connectivity index is 1.93. The van der Waals surface area contributed by atoms with E-state index in [-0.39, 0.29) is 21.9 Å². The van der Waals surface area contributed by atoms with Crippen LogP contribution in [0.25, 0.3) is 0 Å². The monoisotopic (exact) mass is 363 g/mol. The molecule has 2 N–H and O–H groups in total. The van der Waals surface area contributed by atoms with Crippen molar-refractivity contribution in [3.8, 4) is 0 Å². The molecule has 0 saturated carbocycles. The lowest BCUT2D eigenvalue weighted by atomic mass is 10.3. The van der Waals surface area contributed by atoms with Gasteiger partial charge in [-0.3, -0.25) is 9.52 Å². The zero-order chi connectivity index (χ0) is 17.3. The summed E-state index contributed by atoms with van der Waals surface area (Å²) in [7, 11) is -3.78. The fourth-order valence-electron chi connectivity index (χ4n) is 2.39. The molecular weight excluding hydrogens is 346 g/mol.